The summed E-state index contributed by atoms with van der Waals surface area (Å²) in [6, 6.07) is 11.9. The van der Waals surface area contributed by atoms with Crippen molar-refractivity contribution in [2.45, 2.75) is 75.9 Å². The van der Waals surface area contributed by atoms with E-state index in [1.54, 1.807) is 6.20 Å². The molecule has 1 aromatic carbocycles. The SMILES string of the molecule is C=C1c2ccc(N3CCN(CCCCNC(=O)C4CC(n5nc(-c6noc(C7CC7)c6-c6ccccn6)c6c(N)ncnc65)C4)CC3)cc2CN1C1CCC(=O)NC1=O. The van der Waals surface area contributed by atoms with Crippen LogP contribution in [0.25, 0.3) is 39.4 Å². The quantitative estimate of drug-likeness (QED) is 0.120. The van der Waals surface area contributed by atoms with Gasteiger partial charge in [-0.3, -0.25) is 29.6 Å². The van der Waals surface area contributed by atoms with Crippen LogP contribution in [0, 0.1) is 5.92 Å². The molecule has 7 heterocycles. The summed E-state index contributed by atoms with van der Waals surface area (Å²) in [5, 5.41) is 15.8. The molecule has 16 nitrogen and oxygen atoms in total. The van der Waals surface area contributed by atoms with Gasteiger partial charge in [0, 0.05) is 80.7 Å². The van der Waals surface area contributed by atoms with E-state index >= 15 is 0 Å². The number of carbonyl (C=O) groups excluding carboxylic acids is 3. The zero-order chi connectivity index (χ0) is 40.2. The van der Waals surface area contributed by atoms with Crippen LogP contribution in [-0.2, 0) is 20.9 Å². The number of pyridine rings is 1. The van der Waals surface area contributed by atoms with E-state index in [9.17, 15) is 14.4 Å². The largest absolute Gasteiger partial charge is 0.383 e. The monoisotopic (exact) mass is 796 g/mol. The van der Waals surface area contributed by atoms with E-state index in [1.807, 2.05) is 27.8 Å². The third-order valence-corrected chi connectivity index (χ3v) is 12.8. The third-order valence-electron chi connectivity index (χ3n) is 12.8. The number of piperazine rings is 1. The lowest BCUT2D eigenvalue weighted by atomic mass is 9.79. The summed E-state index contributed by atoms with van der Waals surface area (Å²) in [6.45, 7) is 10.4. The van der Waals surface area contributed by atoms with Crippen LogP contribution >= 0.6 is 0 Å². The minimum absolute atomic E-state index is 0.00754. The molecule has 2 saturated heterocycles. The van der Waals surface area contributed by atoms with Crippen LogP contribution in [0.15, 0.2) is 60.0 Å². The van der Waals surface area contributed by atoms with E-state index in [0.29, 0.717) is 72.9 Å². The average Bonchev–Trinajstić information content (AvgIpc) is 3.74. The molecule has 2 saturated carbocycles. The summed E-state index contributed by atoms with van der Waals surface area (Å²) < 4.78 is 7.81. The van der Waals surface area contributed by atoms with E-state index < -0.39 is 0 Å². The molecule has 1 atom stereocenters. The van der Waals surface area contributed by atoms with Gasteiger partial charge in [0.05, 0.1) is 22.7 Å². The number of nitrogens with zero attached hydrogens (tertiary/aromatic N) is 9. The number of nitrogens with one attached hydrogen (secondary N) is 2. The van der Waals surface area contributed by atoms with Crippen molar-refractivity contribution >= 4 is 46.0 Å². The zero-order valence-corrected chi connectivity index (χ0v) is 33.0. The van der Waals surface area contributed by atoms with Crippen molar-refractivity contribution in [1.29, 1.82) is 0 Å². The molecule has 3 amide bonds. The van der Waals surface area contributed by atoms with Crippen LogP contribution in [0.5, 0.6) is 0 Å². The third kappa shape index (κ3) is 6.98. The fraction of sp³-hybridized carbons (Fsp3) is 0.442. The number of piperidine rings is 1. The number of anilines is 2. The van der Waals surface area contributed by atoms with Gasteiger partial charge in [0.1, 0.15) is 35.3 Å². The molecule has 3 aliphatic heterocycles. The molecule has 4 fully saturated rings. The number of imide groups is 1. The Balaban J connectivity index is 0.692. The Morgan fingerprint density at radius 2 is 1.85 bits per heavy atom. The van der Waals surface area contributed by atoms with Crippen molar-refractivity contribution in [3.05, 3.63) is 72.4 Å². The highest BCUT2D eigenvalue weighted by atomic mass is 16.5. The van der Waals surface area contributed by atoms with Gasteiger partial charge in [-0.1, -0.05) is 23.9 Å². The van der Waals surface area contributed by atoms with Crippen molar-refractivity contribution < 1.29 is 18.9 Å². The first-order valence-corrected chi connectivity index (χ1v) is 20.9. The summed E-state index contributed by atoms with van der Waals surface area (Å²) in [6.07, 6.45) is 9.42. The highest BCUT2D eigenvalue weighted by Crippen LogP contribution is 2.49. The number of nitrogens with two attached hydrogens (primary N) is 1. The molecule has 4 aromatic heterocycles. The number of nitrogen functional groups attached to an aromatic ring is 1. The van der Waals surface area contributed by atoms with Gasteiger partial charge in [-0.15, -0.1) is 0 Å². The van der Waals surface area contributed by atoms with Gasteiger partial charge in [0.15, 0.2) is 5.65 Å². The van der Waals surface area contributed by atoms with Gasteiger partial charge < -0.3 is 25.4 Å². The molecular formula is C43H48N12O4. The lowest BCUT2D eigenvalue weighted by Gasteiger charge is -2.36. The Labute approximate surface area is 341 Å². The Bertz CT molecular complexity index is 2440. The topological polar surface area (TPSA) is 194 Å². The van der Waals surface area contributed by atoms with E-state index in [-0.39, 0.29) is 35.7 Å². The highest BCUT2D eigenvalue weighted by molar-refractivity contribution is 6.01. The molecule has 304 valence electrons. The van der Waals surface area contributed by atoms with E-state index in [0.717, 1.165) is 86.7 Å². The maximum atomic E-state index is 13.2. The molecule has 0 spiro atoms. The Hall–Kier alpha value is -6.16. The summed E-state index contributed by atoms with van der Waals surface area (Å²) in [4.78, 5) is 57.9. The molecule has 4 N–H and O–H groups in total. The zero-order valence-electron chi connectivity index (χ0n) is 33.0. The maximum absolute atomic E-state index is 13.2. The molecule has 2 aliphatic carbocycles. The van der Waals surface area contributed by atoms with Crippen molar-refractivity contribution in [2.24, 2.45) is 5.92 Å². The van der Waals surface area contributed by atoms with Gasteiger partial charge >= 0.3 is 0 Å². The molecule has 1 unspecified atom stereocenters. The molecule has 0 bridgehead atoms. The van der Waals surface area contributed by atoms with Gasteiger partial charge in [-0.25, -0.2) is 14.6 Å². The molecule has 16 heteroatoms. The fourth-order valence-corrected chi connectivity index (χ4v) is 9.21. The number of hydrogen-bond donors (Lipinski definition) is 3. The average molecular weight is 797 g/mol. The molecule has 10 rings (SSSR count). The number of aromatic nitrogens is 6. The van der Waals surface area contributed by atoms with Gasteiger partial charge in [0.25, 0.3) is 0 Å². The van der Waals surface area contributed by atoms with Crippen LogP contribution in [0.1, 0.15) is 80.2 Å². The molecule has 5 aliphatic rings. The second kappa shape index (κ2) is 15.2. The summed E-state index contributed by atoms with van der Waals surface area (Å²) in [5.41, 5.74) is 14.1. The minimum atomic E-state index is -0.363. The van der Waals surface area contributed by atoms with Crippen LogP contribution in [0.3, 0.4) is 0 Å². The first-order chi connectivity index (χ1) is 28.8. The Morgan fingerprint density at radius 3 is 2.63 bits per heavy atom. The fourth-order valence-electron chi connectivity index (χ4n) is 9.21. The van der Waals surface area contributed by atoms with E-state index in [1.165, 1.54) is 17.6 Å². The lowest BCUT2D eigenvalue weighted by Crippen LogP contribution is -2.50. The second-order valence-corrected chi connectivity index (χ2v) is 16.5. The minimum Gasteiger partial charge on any atom is -0.383 e. The summed E-state index contributed by atoms with van der Waals surface area (Å²) in [7, 11) is 0. The Kier molecular flexibility index (Phi) is 9.58. The molecule has 0 radical (unpaired) electrons. The number of unbranched alkanes of at least 4 members (excludes halogenated alkanes) is 1. The van der Waals surface area contributed by atoms with E-state index in [4.69, 9.17) is 15.4 Å². The van der Waals surface area contributed by atoms with Crippen molar-refractivity contribution in [3.63, 3.8) is 0 Å². The summed E-state index contributed by atoms with van der Waals surface area (Å²) in [5.74, 6) is 1.01. The molecule has 59 heavy (non-hydrogen) atoms. The van der Waals surface area contributed by atoms with Crippen molar-refractivity contribution in [3.8, 4) is 22.6 Å². The predicted molar refractivity (Wildman–Crippen MR) is 220 cm³/mol. The summed E-state index contributed by atoms with van der Waals surface area (Å²) >= 11 is 0. The smallest absolute Gasteiger partial charge is 0.249 e. The van der Waals surface area contributed by atoms with E-state index in [2.05, 4.69) is 65.3 Å². The first-order valence-electron chi connectivity index (χ1n) is 20.9. The molecular weight excluding hydrogens is 749 g/mol. The number of rotatable bonds is 12. The number of hydrogen-bond acceptors (Lipinski definition) is 13. The highest BCUT2D eigenvalue weighted by Gasteiger charge is 2.40. The lowest BCUT2D eigenvalue weighted by molar-refractivity contribution is -0.136. The standard InChI is InChI=1S/C43H48N12O4/c1-25-31-10-9-29(22-28(31)23-54(25)33-11-12-34(56)49-43(33)58)53-18-16-52(17-19-53)15-5-4-14-46-42(57)27-20-30(21-27)55-41-36(40(44)47-24-48-41)37(50-55)38-35(32-6-2-3-13-45-32)39(59-51-38)26-7-8-26/h2-3,6,9-10,13,22,24,26-27,30,33H,1,4-5,7-8,11-12,14-21,23H2,(H,46,57)(H2,44,47,48)(H,49,56,58). The van der Waals surface area contributed by atoms with Crippen molar-refractivity contribution in [2.75, 3.05) is 49.9 Å². The maximum Gasteiger partial charge on any atom is 0.249 e. The van der Waals surface area contributed by atoms with Crippen LogP contribution in [0.4, 0.5) is 11.5 Å². The van der Waals surface area contributed by atoms with Crippen LogP contribution < -0.4 is 21.3 Å². The van der Waals surface area contributed by atoms with Crippen LogP contribution in [-0.4, -0.2) is 103 Å². The second-order valence-electron chi connectivity index (χ2n) is 16.5. The van der Waals surface area contributed by atoms with Crippen molar-refractivity contribution in [1.82, 2.24) is 50.3 Å². The number of benzene rings is 1. The number of amides is 3. The predicted octanol–water partition coefficient (Wildman–Crippen LogP) is 4.26. The van der Waals surface area contributed by atoms with Gasteiger partial charge in [-0.05, 0) is 81.3 Å². The van der Waals surface area contributed by atoms with Crippen LogP contribution in [0.2, 0.25) is 0 Å². The number of fused-ring (bicyclic) bond motifs is 2. The number of carbonyl (C=O) groups is 3. The normalized spacial score (nSPS) is 22.1. The van der Waals surface area contributed by atoms with Gasteiger partial charge in [-0.2, -0.15) is 5.10 Å². The first kappa shape index (κ1) is 37.1. The molecule has 5 aromatic rings. The Morgan fingerprint density at radius 1 is 1.00 bits per heavy atom. The van der Waals surface area contributed by atoms with Gasteiger partial charge in [0.2, 0.25) is 17.7 Å².